The lowest BCUT2D eigenvalue weighted by atomic mass is 9.89. The number of fused-ring (bicyclic) bond motifs is 1. The molecule has 0 bridgehead atoms. The molecule has 0 saturated carbocycles. The summed E-state index contributed by atoms with van der Waals surface area (Å²) in [5.74, 6) is 0.369. The summed E-state index contributed by atoms with van der Waals surface area (Å²) in [6, 6.07) is 5.03. The molecule has 1 aromatic carbocycles. The fourth-order valence-corrected chi connectivity index (χ4v) is 4.09. The standard InChI is InChI=1S/C21H27FN4/c1-2-8-26-15-16(13-24-26)5-9-25-10-6-17(7-11-25)20-14-23-21-4-3-18(22)12-19(20)21/h3-4,12-15,17,23H,2,5-11H2,1H3. The summed E-state index contributed by atoms with van der Waals surface area (Å²) in [5, 5.41) is 5.46. The van der Waals surface area contributed by atoms with Gasteiger partial charge in [-0.15, -0.1) is 0 Å². The second kappa shape index (κ2) is 7.62. The quantitative estimate of drug-likeness (QED) is 0.715. The third-order valence-electron chi connectivity index (χ3n) is 5.56. The van der Waals surface area contributed by atoms with E-state index >= 15 is 0 Å². The number of aromatic amines is 1. The molecule has 0 aliphatic carbocycles. The van der Waals surface area contributed by atoms with Gasteiger partial charge in [0.15, 0.2) is 0 Å². The Morgan fingerprint density at radius 2 is 2.08 bits per heavy atom. The fraction of sp³-hybridized carbons (Fsp3) is 0.476. The van der Waals surface area contributed by atoms with Crippen molar-refractivity contribution in [1.82, 2.24) is 19.7 Å². The first-order valence-corrected chi connectivity index (χ1v) is 9.73. The van der Waals surface area contributed by atoms with E-state index in [9.17, 15) is 4.39 Å². The van der Waals surface area contributed by atoms with Gasteiger partial charge in [-0.3, -0.25) is 4.68 Å². The normalized spacial score (nSPS) is 16.5. The van der Waals surface area contributed by atoms with Crippen LogP contribution in [0.1, 0.15) is 43.2 Å². The van der Waals surface area contributed by atoms with E-state index in [1.54, 1.807) is 6.07 Å². The van der Waals surface area contributed by atoms with E-state index in [0.29, 0.717) is 5.92 Å². The van der Waals surface area contributed by atoms with Gasteiger partial charge in [0, 0.05) is 36.4 Å². The zero-order chi connectivity index (χ0) is 17.9. The summed E-state index contributed by atoms with van der Waals surface area (Å²) in [6.45, 7) is 6.47. The molecule has 26 heavy (non-hydrogen) atoms. The molecule has 1 fully saturated rings. The van der Waals surface area contributed by atoms with E-state index in [2.05, 4.69) is 34.3 Å². The number of aromatic nitrogens is 3. The molecule has 1 saturated heterocycles. The van der Waals surface area contributed by atoms with E-state index in [-0.39, 0.29) is 5.82 Å². The summed E-state index contributed by atoms with van der Waals surface area (Å²) in [7, 11) is 0. The number of hydrogen-bond donors (Lipinski definition) is 1. The number of piperidine rings is 1. The molecule has 2 aromatic heterocycles. The predicted octanol–water partition coefficient (Wildman–Crippen LogP) is 4.34. The number of aryl methyl sites for hydroxylation is 1. The van der Waals surface area contributed by atoms with Crippen LogP contribution in [0.3, 0.4) is 0 Å². The number of likely N-dealkylation sites (tertiary alicyclic amines) is 1. The molecule has 0 unspecified atom stereocenters. The maximum atomic E-state index is 13.6. The molecule has 1 aliphatic heterocycles. The molecule has 3 heterocycles. The van der Waals surface area contributed by atoms with E-state index in [4.69, 9.17) is 0 Å². The summed E-state index contributed by atoms with van der Waals surface area (Å²) in [4.78, 5) is 5.84. The first kappa shape index (κ1) is 17.3. The Morgan fingerprint density at radius 1 is 1.23 bits per heavy atom. The van der Waals surface area contributed by atoms with Crippen molar-refractivity contribution in [2.24, 2.45) is 0 Å². The molecule has 0 radical (unpaired) electrons. The van der Waals surface area contributed by atoms with Gasteiger partial charge in [-0.1, -0.05) is 6.92 Å². The van der Waals surface area contributed by atoms with Crippen LogP contribution in [0, 0.1) is 5.82 Å². The van der Waals surface area contributed by atoms with Gasteiger partial charge in [-0.2, -0.15) is 5.10 Å². The second-order valence-corrected chi connectivity index (χ2v) is 7.41. The first-order chi connectivity index (χ1) is 12.7. The Hall–Kier alpha value is -2.14. The lowest BCUT2D eigenvalue weighted by Gasteiger charge is -2.31. The van der Waals surface area contributed by atoms with Crippen molar-refractivity contribution < 1.29 is 4.39 Å². The zero-order valence-electron chi connectivity index (χ0n) is 15.4. The Morgan fingerprint density at radius 3 is 2.88 bits per heavy atom. The molecular weight excluding hydrogens is 327 g/mol. The Balaban J connectivity index is 1.32. The molecule has 3 aromatic rings. The van der Waals surface area contributed by atoms with Gasteiger partial charge in [-0.05, 0) is 74.0 Å². The maximum absolute atomic E-state index is 13.6. The highest BCUT2D eigenvalue weighted by molar-refractivity contribution is 5.83. The third-order valence-corrected chi connectivity index (χ3v) is 5.56. The minimum atomic E-state index is -0.153. The largest absolute Gasteiger partial charge is 0.361 e. The van der Waals surface area contributed by atoms with Crippen LogP contribution in [0.5, 0.6) is 0 Å². The van der Waals surface area contributed by atoms with Crippen molar-refractivity contribution in [1.29, 1.82) is 0 Å². The minimum Gasteiger partial charge on any atom is -0.361 e. The van der Waals surface area contributed by atoms with Crippen molar-refractivity contribution in [3.63, 3.8) is 0 Å². The molecule has 1 N–H and O–H groups in total. The predicted molar refractivity (Wildman–Crippen MR) is 103 cm³/mol. The third kappa shape index (κ3) is 3.68. The maximum Gasteiger partial charge on any atom is 0.123 e. The number of H-pyrrole nitrogens is 1. The van der Waals surface area contributed by atoms with Crippen LogP contribution in [0.15, 0.2) is 36.8 Å². The van der Waals surface area contributed by atoms with E-state index in [0.717, 1.165) is 62.8 Å². The average Bonchev–Trinajstić information content (AvgIpc) is 3.27. The summed E-state index contributed by atoms with van der Waals surface area (Å²) in [6.07, 6.45) is 10.7. The SMILES string of the molecule is CCCn1cc(CCN2CCC(c3c[nH]c4ccc(F)cc34)CC2)cn1. The van der Waals surface area contributed by atoms with Gasteiger partial charge < -0.3 is 9.88 Å². The molecular formula is C21H27FN4. The first-order valence-electron chi connectivity index (χ1n) is 9.73. The number of halogens is 1. The molecule has 5 heteroatoms. The Kier molecular flexibility index (Phi) is 5.07. The number of benzene rings is 1. The molecule has 0 atom stereocenters. The lowest BCUT2D eigenvalue weighted by molar-refractivity contribution is 0.215. The molecule has 1 aliphatic rings. The van der Waals surface area contributed by atoms with E-state index in [1.807, 2.05) is 16.9 Å². The zero-order valence-corrected chi connectivity index (χ0v) is 15.4. The molecule has 4 nitrogen and oxygen atoms in total. The van der Waals surface area contributed by atoms with Crippen LogP contribution in [-0.4, -0.2) is 39.3 Å². The van der Waals surface area contributed by atoms with Gasteiger partial charge in [-0.25, -0.2) is 4.39 Å². The van der Waals surface area contributed by atoms with Gasteiger partial charge >= 0.3 is 0 Å². The minimum absolute atomic E-state index is 0.153. The van der Waals surface area contributed by atoms with Crippen LogP contribution in [0.4, 0.5) is 4.39 Å². The number of nitrogens with one attached hydrogen (secondary N) is 1. The molecule has 0 amide bonds. The smallest absolute Gasteiger partial charge is 0.123 e. The second-order valence-electron chi connectivity index (χ2n) is 7.41. The van der Waals surface area contributed by atoms with E-state index in [1.165, 1.54) is 17.2 Å². The van der Waals surface area contributed by atoms with Crippen molar-refractivity contribution >= 4 is 10.9 Å². The highest BCUT2D eigenvalue weighted by Gasteiger charge is 2.22. The summed E-state index contributed by atoms with van der Waals surface area (Å²) >= 11 is 0. The van der Waals surface area contributed by atoms with Crippen molar-refractivity contribution in [2.75, 3.05) is 19.6 Å². The van der Waals surface area contributed by atoms with Crippen LogP contribution < -0.4 is 0 Å². The monoisotopic (exact) mass is 354 g/mol. The average molecular weight is 354 g/mol. The topological polar surface area (TPSA) is 36.9 Å². The van der Waals surface area contributed by atoms with Crippen molar-refractivity contribution in [3.8, 4) is 0 Å². The van der Waals surface area contributed by atoms with Crippen LogP contribution >= 0.6 is 0 Å². The number of nitrogens with zero attached hydrogens (tertiary/aromatic N) is 3. The van der Waals surface area contributed by atoms with Gasteiger partial charge in [0.1, 0.15) is 5.82 Å². The fourth-order valence-electron chi connectivity index (χ4n) is 4.09. The van der Waals surface area contributed by atoms with Gasteiger partial charge in [0.25, 0.3) is 0 Å². The summed E-state index contributed by atoms with van der Waals surface area (Å²) < 4.78 is 15.6. The van der Waals surface area contributed by atoms with Crippen LogP contribution in [0.2, 0.25) is 0 Å². The highest BCUT2D eigenvalue weighted by Crippen LogP contribution is 2.33. The van der Waals surface area contributed by atoms with E-state index < -0.39 is 0 Å². The Labute approximate surface area is 154 Å². The highest BCUT2D eigenvalue weighted by atomic mass is 19.1. The number of hydrogen-bond acceptors (Lipinski definition) is 2. The molecule has 0 spiro atoms. The van der Waals surface area contributed by atoms with Gasteiger partial charge in [0.05, 0.1) is 6.20 Å². The van der Waals surface area contributed by atoms with Crippen LogP contribution in [0.25, 0.3) is 10.9 Å². The Bertz CT molecular complexity index is 858. The van der Waals surface area contributed by atoms with Crippen LogP contribution in [-0.2, 0) is 13.0 Å². The summed E-state index contributed by atoms with van der Waals surface area (Å²) in [5.41, 5.74) is 3.64. The van der Waals surface area contributed by atoms with Crippen molar-refractivity contribution in [2.45, 2.75) is 45.1 Å². The van der Waals surface area contributed by atoms with Gasteiger partial charge in [0.2, 0.25) is 0 Å². The lowest BCUT2D eigenvalue weighted by Crippen LogP contribution is -2.34. The number of rotatable bonds is 6. The van der Waals surface area contributed by atoms with Crippen molar-refractivity contribution in [3.05, 3.63) is 53.7 Å². The molecule has 138 valence electrons. The molecule has 4 rings (SSSR count).